The Morgan fingerprint density at radius 2 is 1.96 bits per heavy atom. The molecular formula is C19H13ClFN3O4. The van der Waals surface area contributed by atoms with Crippen LogP contribution in [-0.2, 0) is 6.54 Å². The number of hydrogen-bond donors (Lipinski definition) is 1. The van der Waals surface area contributed by atoms with Gasteiger partial charge in [-0.1, -0.05) is 23.7 Å². The number of ether oxygens (including phenoxy) is 2. The summed E-state index contributed by atoms with van der Waals surface area (Å²) in [6.45, 7) is 7.14. The van der Waals surface area contributed by atoms with Crippen LogP contribution in [0.4, 0.5) is 10.1 Å². The average Bonchev–Trinajstić information content (AvgIpc) is 2.67. The number of rotatable bonds is 6. The maximum Gasteiger partial charge on any atom is 0.328 e. The second-order valence-corrected chi connectivity index (χ2v) is 5.96. The second kappa shape index (κ2) is 8.41. The topological polar surface area (TPSA) is 77.7 Å². The van der Waals surface area contributed by atoms with Gasteiger partial charge in [-0.05, 0) is 24.3 Å². The van der Waals surface area contributed by atoms with Crippen LogP contribution in [0.3, 0.4) is 0 Å². The second-order valence-electron chi connectivity index (χ2n) is 5.55. The normalized spacial score (nSPS) is 10.3. The highest BCUT2D eigenvalue weighted by molar-refractivity contribution is 6.32. The smallest absolute Gasteiger partial charge is 0.328 e. The first-order valence-electron chi connectivity index (χ1n) is 8.04. The summed E-state index contributed by atoms with van der Waals surface area (Å²) in [4.78, 5) is 28.1. The van der Waals surface area contributed by atoms with Crippen molar-refractivity contribution in [1.82, 2.24) is 9.55 Å². The molecule has 0 fully saturated rings. The van der Waals surface area contributed by atoms with Gasteiger partial charge in [0, 0.05) is 12.3 Å². The van der Waals surface area contributed by atoms with Gasteiger partial charge in [0.2, 0.25) is 5.75 Å². The van der Waals surface area contributed by atoms with Gasteiger partial charge in [-0.2, -0.15) is 0 Å². The summed E-state index contributed by atoms with van der Waals surface area (Å²) in [5.74, 6) is -0.803. The van der Waals surface area contributed by atoms with Crippen molar-refractivity contribution < 1.29 is 13.9 Å². The minimum atomic E-state index is -0.787. The van der Waals surface area contributed by atoms with E-state index in [0.29, 0.717) is 0 Å². The van der Waals surface area contributed by atoms with Gasteiger partial charge >= 0.3 is 5.69 Å². The number of halogens is 2. The van der Waals surface area contributed by atoms with E-state index < -0.39 is 17.1 Å². The van der Waals surface area contributed by atoms with Gasteiger partial charge in [0.05, 0.1) is 18.1 Å². The zero-order valence-corrected chi connectivity index (χ0v) is 15.1. The molecule has 0 aliphatic carbocycles. The van der Waals surface area contributed by atoms with Crippen molar-refractivity contribution in [2.75, 3.05) is 6.61 Å². The highest BCUT2D eigenvalue weighted by Gasteiger charge is 2.16. The standard InChI is InChI=1S/C19H13ClFN3O4/c1-22-12-10-14(21)18(28-15-5-3-2-4-13(15)20)16(11-12)27-9-8-24-7-6-17(25)23-19(24)26/h2-7,10-11H,8-9H2,(H,23,25,26). The van der Waals surface area contributed by atoms with E-state index in [1.807, 2.05) is 0 Å². The number of aromatic amines is 1. The van der Waals surface area contributed by atoms with Crippen molar-refractivity contribution in [2.24, 2.45) is 0 Å². The molecule has 3 rings (SSSR count). The molecule has 0 radical (unpaired) electrons. The Morgan fingerprint density at radius 1 is 1.18 bits per heavy atom. The summed E-state index contributed by atoms with van der Waals surface area (Å²) in [5.41, 5.74) is -1.07. The highest BCUT2D eigenvalue weighted by Crippen LogP contribution is 2.39. The molecule has 0 aliphatic heterocycles. The fraction of sp³-hybridized carbons (Fsp3) is 0.105. The molecule has 3 aromatic rings. The first-order valence-corrected chi connectivity index (χ1v) is 8.41. The third-order valence-electron chi connectivity index (χ3n) is 3.66. The summed E-state index contributed by atoms with van der Waals surface area (Å²) >= 11 is 6.05. The highest BCUT2D eigenvalue weighted by atomic mass is 35.5. The summed E-state index contributed by atoms with van der Waals surface area (Å²) < 4.78 is 26.8. The van der Waals surface area contributed by atoms with Gasteiger partial charge in [-0.25, -0.2) is 14.0 Å². The quantitative estimate of drug-likeness (QED) is 0.638. The van der Waals surface area contributed by atoms with Gasteiger partial charge in [0.15, 0.2) is 17.3 Å². The zero-order chi connectivity index (χ0) is 20.1. The molecular weight excluding hydrogens is 389 g/mol. The van der Waals surface area contributed by atoms with E-state index in [0.717, 1.165) is 6.07 Å². The van der Waals surface area contributed by atoms with Gasteiger partial charge in [0.25, 0.3) is 5.56 Å². The Labute approximate surface area is 163 Å². The summed E-state index contributed by atoms with van der Waals surface area (Å²) in [6, 6.07) is 10.1. The number of hydrogen-bond acceptors (Lipinski definition) is 4. The minimum absolute atomic E-state index is 0.0107. The predicted molar refractivity (Wildman–Crippen MR) is 101 cm³/mol. The Morgan fingerprint density at radius 3 is 2.68 bits per heavy atom. The Balaban J connectivity index is 1.85. The van der Waals surface area contributed by atoms with E-state index in [4.69, 9.17) is 27.6 Å². The maximum absolute atomic E-state index is 14.5. The molecule has 0 saturated heterocycles. The minimum Gasteiger partial charge on any atom is -0.489 e. The van der Waals surface area contributed by atoms with Crippen LogP contribution >= 0.6 is 11.6 Å². The van der Waals surface area contributed by atoms with Gasteiger partial charge < -0.3 is 9.47 Å². The van der Waals surface area contributed by atoms with Crippen LogP contribution in [0.5, 0.6) is 17.2 Å². The Hall–Kier alpha value is -3.57. The van der Waals surface area contributed by atoms with Gasteiger partial charge in [-0.3, -0.25) is 14.3 Å². The Bertz CT molecular complexity index is 1170. The van der Waals surface area contributed by atoms with Crippen molar-refractivity contribution in [3.63, 3.8) is 0 Å². The largest absolute Gasteiger partial charge is 0.489 e. The van der Waals surface area contributed by atoms with Crippen LogP contribution in [-0.4, -0.2) is 16.2 Å². The predicted octanol–water partition coefficient (Wildman–Crippen LogP) is 3.75. The summed E-state index contributed by atoms with van der Waals surface area (Å²) in [6.07, 6.45) is 1.32. The van der Waals surface area contributed by atoms with Crippen molar-refractivity contribution >= 4 is 17.3 Å². The first-order chi connectivity index (χ1) is 13.5. The number of nitrogens with one attached hydrogen (secondary N) is 1. The molecule has 0 bridgehead atoms. The number of benzene rings is 2. The lowest BCUT2D eigenvalue weighted by Gasteiger charge is -2.15. The van der Waals surface area contributed by atoms with Crippen LogP contribution < -0.4 is 20.7 Å². The molecule has 0 aliphatic rings. The number of aromatic nitrogens is 2. The number of para-hydroxylation sites is 1. The van der Waals surface area contributed by atoms with Gasteiger partial charge in [0.1, 0.15) is 12.4 Å². The van der Waals surface area contributed by atoms with Gasteiger partial charge in [-0.15, -0.1) is 0 Å². The third-order valence-corrected chi connectivity index (χ3v) is 3.97. The Kier molecular flexibility index (Phi) is 5.77. The monoisotopic (exact) mass is 401 g/mol. The number of H-pyrrole nitrogens is 1. The lowest BCUT2D eigenvalue weighted by molar-refractivity contribution is 0.279. The fourth-order valence-electron chi connectivity index (χ4n) is 2.34. The molecule has 2 aromatic carbocycles. The van der Waals surface area contributed by atoms with E-state index in [2.05, 4.69) is 9.83 Å². The van der Waals surface area contributed by atoms with Crippen LogP contribution in [0.1, 0.15) is 0 Å². The molecule has 0 unspecified atom stereocenters. The lowest BCUT2D eigenvalue weighted by atomic mass is 10.2. The van der Waals surface area contributed by atoms with Crippen LogP contribution in [0.15, 0.2) is 58.3 Å². The molecule has 1 N–H and O–H groups in total. The molecule has 1 heterocycles. The summed E-state index contributed by atoms with van der Waals surface area (Å²) in [5, 5.41) is 0.280. The molecule has 0 spiro atoms. The SMILES string of the molecule is [C-]#[N+]c1cc(F)c(Oc2ccccc2Cl)c(OCCn2ccc(=O)[nH]c2=O)c1. The maximum atomic E-state index is 14.5. The molecule has 28 heavy (non-hydrogen) atoms. The van der Waals surface area contributed by atoms with Crippen molar-refractivity contribution in [1.29, 1.82) is 0 Å². The van der Waals surface area contributed by atoms with E-state index in [1.165, 1.54) is 22.9 Å². The van der Waals surface area contributed by atoms with Crippen LogP contribution in [0, 0.1) is 12.4 Å². The molecule has 142 valence electrons. The van der Waals surface area contributed by atoms with Crippen LogP contribution in [0.2, 0.25) is 5.02 Å². The molecule has 7 nitrogen and oxygen atoms in total. The molecule has 1 aromatic heterocycles. The van der Waals surface area contributed by atoms with E-state index >= 15 is 0 Å². The van der Waals surface area contributed by atoms with E-state index in [1.54, 1.807) is 24.3 Å². The molecule has 9 heteroatoms. The lowest BCUT2D eigenvalue weighted by Crippen LogP contribution is -2.30. The van der Waals surface area contributed by atoms with Crippen molar-refractivity contribution in [3.05, 3.63) is 91.8 Å². The molecule has 0 atom stereocenters. The molecule has 0 saturated carbocycles. The fourth-order valence-corrected chi connectivity index (χ4v) is 2.51. The van der Waals surface area contributed by atoms with E-state index in [-0.39, 0.29) is 41.1 Å². The van der Waals surface area contributed by atoms with Crippen molar-refractivity contribution in [3.8, 4) is 17.2 Å². The van der Waals surface area contributed by atoms with Crippen molar-refractivity contribution in [2.45, 2.75) is 6.54 Å². The van der Waals surface area contributed by atoms with E-state index in [9.17, 15) is 14.0 Å². The first kappa shape index (κ1) is 19.2. The average molecular weight is 402 g/mol. The van der Waals surface area contributed by atoms with Crippen LogP contribution in [0.25, 0.3) is 4.85 Å². The number of nitrogens with zero attached hydrogens (tertiary/aromatic N) is 2. The zero-order valence-electron chi connectivity index (χ0n) is 14.3. The molecule has 0 amide bonds. The summed E-state index contributed by atoms with van der Waals surface area (Å²) in [7, 11) is 0. The third kappa shape index (κ3) is 4.39.